The van der Waals surface area contributed by atoms with Gasteiger partial charge in [-0.25, -0.2) is 8.42 Å². The summed E-state index contributed by atoms with van der Waals surface area (Å²) in [5.41, 5.74) is 1.10. The first-order valence-corrected chi connectivity index (χ1v) is 15.4. The lowest BCUT2D eigenvalue weighted by Crippen LogP contribution is -2.14. The highest BCUT2D eigenvalue weighted by Crippen LogP contribution is 2.39. The standard InChI is InChI=1S/C28H39F3N2O4S/c1-3-23-20(2)26-24(14-13-22-27(26)21(28(29,30)31)19-25(35)32-22)33(23)15-9-7-5-4-6-8-11-17-38(36,37)18-12-10-16-34/h13-14,19,34H,3-12,15-18H2,1-2H3,(H,32,35). The number of nitrogens with zero attached hydrogens (tertiary/aromatic N) is 1. The number of alkyl halides is 3. The maximum Gasteiger partial charge on any atom is 0.417 e. The predicted octanol–water partition coefficient (Wildman–Crippen LogP) is 6.29. The minimum absolute atomic E-state index is 0.0212. The molecule has 0 unspecified atom stereocenters. The molecule has 0 saturated carbocycles. The third kappa shape index (κ3) is 7.40. The van der Waals surface area contributed by atoms with Crippen LogP contribution in [-0.4, -0.2) is 41.2 Å². The van der Waals surface area contributed by atoms with Gasteiger partial charge in [-0.15, -0.1) is 0 Å². The van der Waals surface area contributed by atoms with Crippen molar-refractivity contribution in [1.29, 1.82) is 0 Å². The molecule has 0 bridgehead atoms. The van der Waals surface area contributed by atoms with Gasteiger partial charge in [-0.2, -0.15) is 13.2 Å². The first-order chi connectivity index (χ1) is 18.0. The van der Waals surface area contributed by atoms with Crippen LogP contribution >= 0.6 is 0 Å². The van der Waals surface area contributed by atoms with Gasteiger partial charge in [-0.3, -0.25) is 4.79 Å². The third-order valence-corrected chi connectivity index (χ3v) is 9.07. The zero-order chi connectivity index (χ0) is 27.9. The summed E-state index contributed by atoms with van der Waals surface area (Å²) in [5.74, 6) is 0.350. The molecule has 3 rings (SSSR count). The van der Waals surface area contributed by atoms with Crippen LogP contribution in [0.3, 0.4) is 0 Å². The molecule has 2 aromatic heterocycles. The minimum Gasteiger partial charge on any atom is -0.396 e. The van der Waals surface area contributed by atoms with Crippen molar-refractivity contribution >= 4 is 31.6 Å². The molecule has 0 fully saturated rings. The van der Waals surface area contributed by atoms with Gasteiger partial charge in [0.25, 0.3) is 0 Å². The Morgan fingerprint density at radius 1 is 0.921 bits per heavy atom. The fourth-order valence-corrected chi connectivity index (χ4v) is 6.88. The van der Waals surface area contributed by atoms with Gasteiger partial charge in [0.05, 0.1) is 17.1 Å². The van der Waals surface area contributed by atoms with Crippen molar-refractivity contribution < 1.29 is 26.7 Å². The van der Waals surface area contributed by atoms with E-state index in [1.165, 1.54) is 0 Å². The van der Waals surface area contributed by atoms with E-state index >= 15 is 0 Å². The molecule has 0 radical (unpaired) electrons. The Kier molecular flexibility index (Phi) is 10.5. The van der Waals surface area contributed by atoms with Crippen LogP contribution in [0.25, 0.3) is 21.8 Å². The topological polar surface area (TPSA) is 92.2 Å². The van der Waals surface area contributed by atoms with E-state index in [2.05, 4.69) is 9.55 Å². The Labute approximate surface area is 222 Å². The first kappa shape index (κ1) is 30.2. The summed E-state index contributed by atoms with van der Waals surface area (Å²) in [4.78, 5) is 14.4. The molecule has 3 aromatic rings. The van der Waals surface area contributed by atoms with Crippen LogP contribution in [0.1, 0.15) is 81.5 Å². The number of aromatic amines is 1. The van der Waals surface area contributed by atoms with Crippen molar-refractivity contribution in [3.8, 4) is 0 Å². The molecular weight excluding hydrogens is 517 g/mol. The van der Waals surface area contributed by atoms with Crippen molar-refractivity contribution in [1.82, 2.24) is 9.55 Å². The molecule has 212 valence electrons. The SMILES string of the molecule is CCc1c(C)c2c3c(C(F)(F)F)cc(=O)[nH]c3ccc2n1CCCCCCCCCS(=O)(=O)CCCCO. The average molecular weight is 557 g/mol. The number of benzene rings is 1. The van der Waals surface area contributed by atoms with Gasteiger partial charge in [0.1, 0.15) is 9.84 Å². The van der Waals surface area contributed by atoms with Gasteiger partial charge >= 0.3 is 6.18 Å². The second kappa shape index (κ2) is 13.2. The van der Waals surface area contributed by atoms with Crippen LogP contribution in [-0.2, 0) is 29.0 Å². The highest BCUT2D eigenvalue weighted by molar-refractivity contribution is 7.91. The molecule has 0 amide bonds. The normalized spacial score (nSPS) is 12.7. The summed E-state index contributed by atoms with van der Waals surface area (Å²) in [6.45, 7) is 4.58. The van der Waals surface area contributed by atoms with Crippen LogP contribution in [0.5, 0.6) is 0 Å². The smallest absolute Gasteiger partial charge is 0.396 e. The van der Waals surface area contributed by atoms with Crippen molar-refractivity contribution in [3.63, 3.8) is 0 Å². The number of unbranched alkanes of at least 4 members (excludes halogenated alkanes) is 7. The summed E-state index contributed by atoms with van der Waals surface area (Å²) in [5, 5.41) is 9.38. The second-order valence-corrected chi connectivity index (χ2v) is 12.4. The van der Waals surface area contributed by atoms with Crippen LogP contribution in [0.15, 0.2) is 23.0 Å². The molecular formula is C28H39F3N2O4S. The van der Waals surface area contributed by atoms with Crippen molar-refractivity contribution in [3.05, 3.63) is 45.4 Å². The second-order valence-electron chi connectivity index (χ2n) is 10.1. The Balaban J connectivity index is 1.60. The third-order valence-electron chi connectivity index (χ3n) is 7.25. The largest absolute Gasteiger partial charge is 0.417 e. The summed E-state index contributed by atoms with van der Waals surface area (Å²) in [6, 6.07) is 4.02. The minimum atomic E-state index is -4.63. The molecule has 2 heterocycles. The first-order valence-electron chi connectivity index (χ1n) is 13.6. The van der Waals surface area contributed by atoms with E-state index in [1.54, 1.807) is 12.1 Å². The maximum absolute atomic E-state index is 13.9. The molecule has 0 atom stereocenters. The molecule has 0 aliphatic carbocycles. The van der Waals surface area contributed by atoms with E-state index in [0.717, 1.165) is 55.3 Å². The van der Waals surface area contributed by atoms with Gasteiger partial charge in [-0.1, -0.05) is 39.0 Å². The number of hydrogen-bond acceptors (Lipinski definition) is 4. The quantitative estimate of drug-likeness (QED) is 0.215. The molecule has 6 nitrogen and oxygen atoms in total. The Morgan fingerprint density at radius 2 is 1.53 bits per heavy atom. The average Bonchev–Trinajstić information content (AvgIpc) is 3.12. The molecule has 10 heteroatoms. The Morgan fingerprint density at radius 3 is 2.13 bits per heavy atom. The maximum atomic E-state index is 13.9. The molecule has 0 aliphatic rings. The number of H-pyrrole nitrogens is 1. The molecule has 0 aliphatic heterocycles. The predicted molar refractivity (Wildman–Crippen MR) is 146 cm³/mol. The van der Waals surface area contributed by atoms with Gasteiger partial charge in [-0.05, 0) is 56.7 Å². The fourth-order valence-electron chi connectivity index (χ4n) is 5.39. The summed E-state index contributed by atoms with van der Waals surface area (Å²) in [7, 11) is -3.03. The van der Waals surface area contributed by atoms with Crippen LogP contribution in [0.2, 0.25) is 0 Å². The number of sulfone groups is 1. The Bertz CT molecular complexity index is 1390. The number of aryl methyl sites for hydroxylation is 2. The summed E-state index contributed by atoms with van der Waals surface area (Å²) in [6.07, 6.45) is 3.50. The number of aliphatic hydroxyl groups is 1. The van der Waals surface area contributed by atoms with Gasteiger partial charge in [0.15, 0.2) is 0 Å². The van der Waals surface area contributed by atoms with E-state index < -0.39 is 27.1 Å². The molecule has 0 saturated heterocycles. The van der Waals surface area contributed by atoms with E-state index in [1.807, 2.05) is 13.8 Å². The number of fused-ring (bicyclic) bond motifs is 3. The molecule has 0 spiro atoms. The highest BCUT2D eigenvalue weighted by atomic mass is 32.2. The number of aromatic nitrogens is 2. The number of nitrogens with one attached hydrogen (secondary N) is 1. The van der Waals surface area contributed by atoms with Crippen LogP contribution in [0, 0.1) is 6.92 Å². The van der Waals surface area contributed by atoms with E-state index in [-0.39, 0.29) is 29.0 Å². The van der Waals surface area contributed by atoms with Gasteiger partial charge in [0, 0.05) is 46.7 Å². The van der Waals surface area contributed by atoms with Crippen molar-refractivity contribution in [2.45, 2.75) is 90.8 Å². The number of hydrogen-bond donors (Lipinski definition) is 2. The van der Waals surface area contributed by atoms with E-state index in [9.17, 15) is 26.4 Å². The lowest BCUT2D eigenvalue weighted by molar-refractivity contribution is -0.136. The number of rotatable bonds is 15. The lowest BCUT2D eigenvalue weighted by Gasteiger charge is -2.12. The number of aliphatic hydroxyl groups excluding tert-OH is 1. The van der Waals surface area contributed by atoms with Gasteiger partial charge < -0.3 is 14.7 Å². The van der Waals surface area contributed by atoms with Crippen LogP contribution in [0.4, 0.5) is 13.2 Å². The van der Waals surface area contributed by atoms with Crippen molar-refractivity contribution in [2.24, 2.45) is 0 Å². The van der Waals surface area contributed by atoms with Crippen molar-refractivity contribution in [2.75, 3.05) is 18.1 Å². The highest BCUT2D eigenvalue weighted by Gasteiger charge is 2.34. The van der Waals surface area contributed by atoms with E-state index in [4.69, 9.17) is 5.11 Å². The van der Waals surface area contributed by atoms with Crippen LogP contribution < -0.4 is 5.56 Å². The molecule has 38 heavy (non-hydrogen) atoms. The number of halogens is 3. The molecule has 2 N–H and O–H groups in total. The number of pyridine rings is 1. The Hall–Kier alpha value is -2.33. The zero-order valence-corrected chi connectivity index (χ0v) is 23.1. The lowest BCUT2D eigenvalue weighted by atomic mass is 10.0. The monoisotopic (exact) mass is 556 g/mol. The molecule has 1 aromatic carbocycles. The zero-order valence-electron chi connectivity index (χ0n) is 22.3. The van der Waals surface area contributed by atoms with E-state index in [0.29, 0.717) is 43.7 Å². The summed E-state index contributed by atoms with van der Waals surface area (Å²) < 4.78 is 67.7. The fraction of sp³-hybridized carbons (Fsp3) is 0.607. The summed E-state index contributed by atoms with van der Waals surface area (Å²) >= 11 is 0. The van der Waals surface area contributed by atoms with Gasteiger partial charge in [0.2, 0.25) is 5.56 Å².